The van der Waals surface area contributed by atoms with Gasteiger partial charge in [-0.15, -0.1) is 0 Å². The van der Waals surface area contributed by atoms with Crippen LogP contribution in [0, 0.1) is 0 Å². The fraction of sp³-hybridized carbons (Fsp3) is 0.190. The van der Waals surface area contributed by atoms with E-state index in [1.165, 1.54) is 12.0 Å². The van der Waals surface area contributed by atoms with Crippen molar-refractivity contribution in [3.05, 3.63) is 63.8 Å². The first-order valence-electron chi connectivity index (χ1n) is 9.19. The van der Waals surface area contributed by atoms with Crippen molar-refractivity contribution in [1.82, 2.24) is 15.5 Å². The van der Waals surface area contributed by atoms with E-state index in [1.807, 2.05) is 18.2 Å². The Morgan fingerprint density at radius 1 is 1.17 bits per heavy atom. The number of fused-ring (bicyclic) bond motifs is 2. The SMILES string of the molecule is COc1ccc2c(c1)C(=O)N(CC1(c3cc4cc(Br)ccc4o3)NC(=O)NC1=O)C2. The van der Waals surface area contributed by atoms with Crippen LogP contribution in [0.15, 0.2) is 51.4 Å². The molecule has 1 aromatic heterocycles. The number of methoxy groups -OCH3 is 1. The zero-order chi connectivity index (χ0) is 21.0. The van der Waals surface area contributed by atoms with E-state index in [0.29, 0.717) is 23.4 Å². The number of urea groups is 1. The predicted molar refractivity (Wildman–Crippen MR) is 110 cm³/mol. The largest absolute Gasteiger partial charge is 0.497 e. The summed E-state index contributed by atoms with van der Waals surface area (Å²) in [5, 5.41) is 5.73. The monoisotopic (exact) mass is 469 g/mol. The van der Waals surface area contributed by atoms with Crippen molar-refractivity contribution in [1.29, 1.82) is 0 Å². The Balaban J connectivity index is 1.55. The van der Waals surface area contributed by atoms with Crippen molar-refractivity contribution < 1.29 is 23.5 Å². The molecule has 1 unspecified atom stereocenters. The van der Waals surface area contributed by atoms with Crippen LogP contribution in [0.2, 0.25) is 0 Å². The van der Waals surface area contributed by atoms with Gasteiger partial charge in [0.2, 0.25) is 0 Å². The number of halogens is 1. The topological polar surface area (TPSA) is 101 Å². The van der Waals surface area contributed by atoms with Gasteiger partial charge in [-0.25, -0.2) is 4.79 Å². The molecular formula is C21H16BrN3O5. The summed E-state index contributed by atoms with van der Waals surface area (Å²) in [5.41, 5.74) is 0.393. The molecule has 0 aliphatic carbocycles. The Bertz CT molecular complexity index is 1240. The molecule has 5 rings (SSSR count). The molecular weight excluding hydrogens is 454 g/mol. The van der Waals surface area contributed by atoms with E-state index in [9.17, 15) is 14.4 Å². The standard InChI is InChI=1S/C21H16BrN3O5/c1-29-14-4-2-11-9-25(18(26)15(11)8-14)10-21(19(27)23-20(28)24-21)17-7-12-6-13(22)3-5-16(12)30-17/h2-8H,9-10H2,1H3,(H2,23,24,27,28). The molecule has 0 bridgehead atoms. The van der Waals surface area contributed by atoms with Crippen LogP contribution in [-0.4, -0.2) is 36.4 Å². The number of hydrogen-bond donors (Lipinski definition) is 2. The third kappa shape index (κ3) is 2.77. The molecule has 0 saturated carbocycles. The van der Waals surface area contributed by atoms with E-state index in [2.05, 4.69) is 26.6 Å². The van der Waals surface area contributed by atoms with Crippen molar-refractivity contribution in [2.24, 2.45) is 0 Å². The molecule has 3 heterocycles. The summed E-state index contributed by atoms with van der Waals surface area (Å²) in [7, 11) is 1.53. The number of nitrogens with zero attached hydrogens (tertiary/aromatic N) is 1. The predicted octanol–water partition coefficient (Wildman–Crippen LogP) is 2.89. The quantitative estimate of drug-likeness (QED) is 0.572. The van der Waals surface area contributed by atoms with Gasteiger partial charge < -0.3 is 19.4 Å². The summed E-state index contributed by atoms with van der Waals surface area (Å²) in [6, 6.07) is 11.8. The molecule has 152 valence electrons. The maximum Gasteiger partial charge on any atom is 0.322 e. The van der Waals surface area contributed by atoms with E-state index in [-0.39, 0.29) is 18.2 Å². The molecule has 2 aromatic carbocycles. The first-order valence-corrected chi connectivity index (χ1v) is 9.98. The third-order valence-corrected chi connectivity index (χ3v) is 5.96. The van der Waals surface area contributed by atoms with Gasteiger partial charge in [-0.3, -0.25) is 14.9 Å². The lowest BCUT2D eigenvalue weighted by molar-refractivity contribution is -0.125. The summed E-state index contributed by atoms with van der Waals surface area (Å²) >= 11 is 3.41. The molecule has 0 radical (unpaired) electrons. The second-order valence-electron chi connectivity index (χ2n) is 7.29. The lowest BCUT2D eigenvalue weighted by atomic mass is 9.95. The second-order valence-corrected chi connectivity index (χ2v) is 8.21. The highest BCUT2D eigenvalue weighted by Gasteiger charge is 2.53. The smallest absolute Gasteiger partial charge is 0.322 e. The molecule has 1 fully saturated rings. The number of rotatable bonds is 4. The molecule has 3 aromatic rings. The maximum atomic E-state index is 13.0. The van der Waals surface area contributed by atoms with Gasteiger partial charge in [0.25, 0.3) is 11.8 Å². The summed E-state index contributed by atoms with van der Waals surface area (Å²) in [5.74, 6) is 0.0387. The molecule has 8 nitrogen and oxygen atoms in total. The third-order valence-electron chi connectivity index (χ3n) is 5.46. The van der Waals surface area contributed by atoms with Crippen molar-refractivity contribution in [2.75, 3.05) is 13.7 Å². The molecule has 2 N–H and O–H groups in total. The zero-order valence-corrected chi connectivity index (χ0v) is 17.4. The molecule has 2 aliphatic heterocycles. The number of furan rings is 1. The van der Waals surface area contributed by atoms with E-state index >= 15 is 0 Å². The van der Waals surface area contributed by atoms with Crippen molar-refractivity contribution in [3.8, 4) is 5.75 Å². The summed E-state index contributed by atoms with van der Waals surface area (Å²) in [4.78, 5) is 39.5. The summed E-state index contributed by atoms with van der Waals surface area (Å²) in [6.45, 7) is 0.246. The normalized spacial score (nSPS) is 20.5. The highest BCUT2D eigenvalue weighted by Crippen LogP contribution is 2.35. The Labute approximate surface area is 179 Å². The van der Waals surface area contributed by atoms with Gasteiger partial charge in [0, 0.05) is 22.0 Å². The van der Waals surface area contributed by atoms with Crippen LogP contribution in [0.4, 0.5) is 4.79 Å². The van der Waals surface area contributed by atoms with Crippen LogP contribution in [0.25, 0.3) is 11.0 Å². The average molecular weight is 470 g/mol. The molecule has 2 aliphatic rings. The Morgan fingerprint density at radius 3 is 2.73 bits per heavy atom. The molecule has 1 saturated heterocycles. The summed E-state index contributed by atoms with van der Waals surface area (Å²) in [6.07, 6.45) is 0. The Hall–Kier alpha value is -3.33. The number of ether oxygens (including phenoxy) is 1. The molecule has 1 atom stereocenters. The lowest BCUT2D eigenvalue weighted by Crippen LogP contribution is -2.52. The first-order chi connectivity index (χ1) is 14.4. The number of carbonyl (C=O) groups is 3. The zero-order valence-electron chi connectivity index (χ0n) is 15.8. The fourth-order valence-corrected chi connectivity index (χ4v) is 4.34. The van der Waals surface area contributed by atoms with E-state index in [1.54, 1.807) is 24.3 Å². The first kappa shape index (κ1) is 18.7. The van der Waals surface area contributed by atoms with Crippen LogP contribution < -0.4 is 15.4 Å². The van der Waals surface area contributed by atoms with Gasteiger partial charge in [-0.1, -0.05) is 22.0 Å². The van der Waals surface area contributed by atoms with Gasteiger partial charge in [-0.2, -0.15) is 0 Å². The second kappa shape index (κ2) is 6.60. The number of hydrogen-bond acceptors (Lipinski definition) is 5. The number of carbonyl (C=O) groups excluding carboxylic acids is 3. The van der Waals surface area contributed by atoms with Crippen LogP contribution in [-0.2, 0) is 16.9 Å². The van der Waals surface area contributed by atoms with Crippen molar-refractivity contribution in [3.63, 3.8) is 0 Å². The van der Waals surface area contributed by atoms with Crippen LogP contribution in [0.5, 0.6) is 5.75 Å². The van der Waals surface area contributed by atoms with Crippen molar-refractivity contribution >= 4 is 44.7 Å². The van der Waals surface area contributed by atoms with Gasteiger partial charge in [-0.05, 0) is 42.0 Å². The maximum absolute atomic E-state index is 13.0. The molecule has 30 heavy (non-hydrogen) atoms. The minimum atomic E-state index is -1.52. The van der Waals surface area contributed by atoms with Crippen LogP contribution in [0.3, 0.4) is 0 Å². The molecule has 0 spiro atoms. The summed E-state index contributed by atoms with van der Waals surface area (Å²) < 4.78 is 12.0. The van der Waals surface area contributed by atoms with Gasteiger partial charge >= 0.3 is 6.03 Å². The molecule has 4 amide bonds. The minimum Gasteiger partial charge on any atom is -0.497 e. The minimum absolute atomic E-state index is 0.0681. The van der Waals surface area contributed by atoms with E-state index < -0.39 is 17.5 Å². The Morgan fingerprint density at radius 2 is 2.00 bits per heavy atom. The molecule has 9 heteroatoms. The number of nitrogens with one attached hydrogen (secondary N) is 2. The number of amides is 4. The van der Waals surface area contributed by atoms with Gasteiger partial charge in [0.1, 0.15) is 17.1 Å². The Kier molecular flexibility index (Phi) is 4.11. The van der Waals surface area contributed by atoms with Gasteiger partial charge in [0.05, 0.1) is 13.7 Å². The van der Waals surface area contributed by atoms with Crippen molar-refractivity contribution in [2.45, 2.75) is 12.1 Å². The number of imide groups is 1. The van der Waals surface area contributed by atoms with Crippen LogP contribution in [0.1, 0.15) is 21.7 Å². The lowest BCUT2D eigenvalue weighted by Gasteiger charge is -2.29. The highest BCUT2D eigenvalue weighted by molar-refractivity contribution is 9.10. The number of benzene rings is 2. The van der Waals surface area contributed by atoms with Crippen LogP contribution >= 0.6 is 15.9 Å². The average Bonchev–Trinajstić information content (AvgIpc) is 3.36. The van der Waals surface area contributed by atoms with E-state index in [0.717, 1.165) is 15.4 Å². The van der Waals surface area contributed by atoms with E-state index in [4.69, 9.17) is 9.15 Å². The highest BCUT2D eigenvalue weighted by atomic mass is 79.9. The van der Waals surface area contributed by atoms with Gasteiger partial charge in [0.15, 0.2) is 5.54 Å². The fourth-order valence-electron chi connectivity index (χ4n) is 3.96.